The maximum Gasteiger partial charge on any atom is 0.320 e. The summed E-state index contributed by atoms with van der Waals surface area (Å²) in [7, 11) is 2.04. The van der Waals surface area contributed by atoms with Crippen LogP contribution in [0, 0.1) is 0 Å². The van der Waals surface area contributed by atoms with Gasteiger partial charge in [-0.2, -0.15) is 0 Å². The summed E-state index contributed by atoms with van der Waals surface area (Å²) in [4.78, 5) is 14.7. The zero-order valence-electron chi connectivity index (χ0n) is 11.9. The van der Waals surface area contributed by atoms with E-state index in [1.54, 1.807) is 24.3 Å². The fourth-order valence-electron chi connectivity index (χ4n) is 2.35. The Morgan fingerprint density at radius 3 is 2.43 bits per heavy atom. The van der Waals surface area contributed by atoms with Crippen molar-refractivity contribution in [2.24, 2.45) is 5.73 Å². The number of likely N-dealkylation sites (tertiary alicyclic amines) is 1. The van der Waals surface area contributed by atoms with Gasteiger partial charge < -0.3 is 21.3 Å². The Morgan fingerprint density at radius 2 is 1.90 bits per heavy atom. The van der Waals surface area contributed by atoms with Crippen LogP contribution in [0.15, 0.2) is 24.3 Å². The molecule has 4 N–H and O–H groups in total. The van der Waals surface area contributed by atoms with E-state index in [4.69, 9.17) is 29.6 Å². The number of hydrogen-bond acceptors (Lipinski definition) is 3. The number of urea groups is 1. The monoisotopic (exact) mass is 326 g/mol. The fourth-order valence-corrected chi connectivity index (χ4v) is 2.73. The van der Waals surface area contributed by atoms with Gasteiger partial charge in [-0.25, -0.2) is 4.79 Å². The molecule has 2 rings (SSSR count). The number of amides is 2. The lowest BCUT2D eigenvalue weighted by molar-refractivity contribution is 0.199. The summed E-state index contributed by atoms with van der Waals surface area (Å²) in [6.45, 7) is 1.69. The van der Waals surface area contributed by atoms with Crippen molar-refractivity contribution >= 4 is 40.5 Å². The van der Waals surface area contributed by atoms with Gasteiger partial charge in [-0.05, 0) is 44.2 Å². The van der Waals surface area contributed by atoms with Crippen LogP contribution in [0.1, 0.15) is 12.8 Å². The van der Waals surface area contributed by atoms with Gasteiger partial charge in [0.1, 0.15) is 0 Å². The summed E-state index contributed by atoms with van der Waals surface area (Å²) < 4.78 is 0. The number of thiocarbonyl (C=S) groups is 1. The van der Waals surface area contributed by atoms with Crippen LogP contribution in [0.5, 0.6) is 0 Å². The van der Waals surface area contributed by atoms with E-state index in [0.717, 1.165) is 13.1 Å². The predicted octanol–water partition coefficient (Wildman–Crippen LogP) is 2.21. The number of nitrogens with zero attached hydrogens (tertiary/aromatic N) is 1. The average molecular weight is 327 g/mol. The van der Waals surface area contributed by atoms with Crippen LogP contribution in [0.2, 0.25) is 5.02 Å². The van der Waals surface area contributed by atoms with Crippen molar-refractivity contribution in [1.29, 1.82) is 0 Å². The molecule has 1 fully saturated rings. The standard InChI is InChI=1S/C14H19ClN4OS/c1-19-8-6-14(7-9-19,12(16)21)18-13(20)17-11-4-2-10(15)3-5-11/h2-5H,6-9H2,1H3,(H2,16,21)(H2,17,18,20). The summed E-state index contributed by atoms with van der Waals surface area (Å²) in [6, 6.07) is 6.61. The highest BCUT2D eigenvalue weighted by molar-refractivity contribution is 7.80. The molecule has 0 aromatic heterocycles. The van der Waals surface area contributed by atoms with Crippen LogP contribution in [-0.2, 0) is 0 Å². The third-order valence-corrected chi connectivity index (χ3v) is 4.41. The molecule has 0 spiro atoms. The summed E-state index contributed by atoms with van der Waals surface area (Å²) in [5, 5.41) is 6.33. The first-order chi connectivity index (χ1) is 9.91. The number of piperidine rings is 1. The summed E-state index contributed by atoms with van der Waals surface area (Å²) in [5.74, 6) is 0. The predicted molar refractivity (Wildman–Crippen MR) is 89.9 cm³/mol. The Labute approximate surface area is 134 Å². The first kappa shape index (κ1) is 16.0. The van der Waals surface area contributed by atoms with Crippen LogP contribution in [0.4, 0.5) is 10.5 Å². The third-order valence-electron chi connectivity index (χ3n) is 3.77. The van der Waals surface area contributed by atoms with Gasteiger partial charge >= 0.3 is 6.03 Å². The smallest absolute Gasteiger partial charge is 0.320 e. The van der Waals surface area contributed by atoms with E-state index < -0.39 is 5.54 Å². The fraction of sp³-hybridized carbons (Fsp3) is 0.429. The number of carbonyl (C=O) groups is 1. The van der Waals surface area contributed by atoms with Crippen LogP contribution in [-0.4, -0.2) is 41.6 Å². The Kier molecular flexibility index (Phi) is 5.03. The number of halogens is 1. The lowest BCUT2D eigenvalue weighted by Crippen LogP contribution is -2.62. The van der Waals surface area contributed by atoms with Crippen molar-refractivity contribution in [1.82, 2.24) is 10.2 Å². The molecule has 1 aliphatic rings. The molecular formula is C14H19ClN4OS. The zero-order chi connectivity index (χ0) is 15.5. The molecule has 0 saturated carbocycles. The van der Waals surface area contributed by atoms with E-state index in [2.05, 4.69) is 15.5 Å². The lowest BCUT2D eigenvalue weighted by atomic mass is 9.87. The van der Waals surface area contributed by atoms with Gasteiger partial charge in [0, 0.05) is 23.8 Å². The topological polar surface area (TPSA) is 70.4 Å². The normalized spacial score (nSPS) is 18.0. The maximum absolute atomic E-state index is 12.2. The van der Waals surface area contributed by atoms with Crippen molar-refractivity contribution in [3.8, 4) is 0 Å². The highest BCUT2D eigenvalue weighted by Gasteiger charge is 2.38. The molecule has 0 atom stereocenters. The second-order valence-electron chi connectivity index (χ2n) is 5.34. The molecule has 21 heavy (non-hydrogen) atoms. The minimum Gasteiger partial charge on any atom is -0.391 e. The van der Waals surface area contributed by atoms with Crippen molar-refractivity contribution in [2.75, 3.05) is 25.5 Å². The number of nitrogens with two attached hydrogens (primary N) is 1. The summed E-state index contributed by atoms with van der Waals surface area (Å²) in [5.41, 5.74) is 5.92. The van der Waals surface area contributed by atoms with Gasteiger partial charge in [0.2, 0.25) is 0 Å². The molecule has 1 heterocycles. The van der Waals surface area contributed by atoms with Gasteiger partial charge in [-0.1, -0.05) is 23.8 Å². The maximum atomic E-state index is 12.2. The number of hydrogen-bond donors (Lipinski definition) is 3. The lowest BCUT2D eigenvalue weighted by Gasteiger charge is -2.40. The largest absolute Gasteiger partial charge is 0.391 e. The molecule has 1 aliphatic heterocycles. The summed E-state index contributed by atoms with van der Waals surface area (Å²) in [6.07, 6.45) is 1.43. The van der Waals surface area contributed by atoms with Crippen molar-refractivity contribution in [2.45, 2.75) is 18.4 Å². The molecule has 114 valence electrons. The van der Waals surface area contributed by atoms with Crippen LogP contribution >= 0.6 is 23.8 Å². The van der Waals surface area contributed by atoms with Gasteiger partial charge in [-0.3, -0.25) is 0 Å². The Balaban J connectivity index is 2.02. The minimum atomic E-state index is -0.613. The van der Waals surface area contributed by atoms with E-state index in [9.17, 15) is 4.79 Å². The highest BCUT2D eigenvalue weighted by Crippen LogP contribution is 2.22. The molecule has 0 radical (unpaired) electrons. The van der Waals surface area contributed by atoms with E-state index in [1.807, 2.05) is 7.05 Å². The second kappa shape index (κ2) is 6.60. The molecule has 5 nitrogen and oxygen atoms in total. The van der Waals surface area contributed by atoms with E-state index in [1.165, 1.54) is 0 Å². The summed E-state index contributed by atoms with van der Waals surface area (Å²) >= 11 is 11.0. The van der Waals surface area contributed by atoms with Gasteiger partial charge in [0.05, 0.1) is 10.5 Å². The third kappa shape index (κ3) is 4.06. The Morgan fingerprint density at radius 1 is 1.33 bits per heavy atom. The number of carbonyl (C=O) groups excluding carboxylic acids is 1. The average Bonchev–Trinajstić information content (AvgIpc) is 2.44. The molecule has 7 heteroatoms. The SMILES string of the molecule is CN1CCC(NC(=O)Nc2ccc(Cl)cc2)(C(N)=S)CC1. The molecule has 2 amide bonds. The van der Waals surface area contributed by atoms with Gasteiger partial charge in [0.25, 0.3) is 0 Å². The molecule has 0 aliphatic carbocycles. The number of benzene rings is 1. The number of rotatable bonds is 3. The first-order valence-corrected chi connectivity index (χ1v) is 7.53. The van der Waals surface area contributed by atoms with Crippen LogP contribution < -0.4 is 16.4 Å². The Hall–Kier alpha value is -1.37. The highest BCUT2D eigenvalue weighted by atomic mass is 35.5. The number of nitrogens with one attached hydrogen (secondary N) is 2. The van der Waals surface area contributed by atoms with Crippen molar-refractivity contribution < 1.29 is 4.79 Å². The van der Waals surface area contributed by atoms with Gasteiger partial charge in [-0.15, -0.1) is 0 Å². The quantitative estimate of drug-likeness (QED) is 0.745. The minimum absolute atomic E-state index is 0.310. The van der Waals surface area contributed by atoms with Crippen molar-refractivity contribution in [3.05, 3.63) is 29.3 Å². The van der Waals surface area contributed by atoms with E-state index >= 15 is 0 Å². The van der Waals surface area contributed by atoms with E-state index in [-0.39, 0.29) is 6.03 Å². The molecular weight excluding hydrogens is 308 g/mol. The first-order valence-electron chi connectivity index (χ1n) is 6.74. The molecule has 1 aromatic carbocycles. The van der Waals surface area contributed by atoms with Crippen LogP contribution in [0.25, 0.3) is 0 Å². The molecule has 1 aromatic rings. The van der Waals surface area contributed by atoms with Gasteiger partial charge in [0.15, 0.2) is 0 Å². The van der Waals surface area contributed by atoms with Crippen LogP contribution in [0.3, 0.4) is 0 Å². The molecule has 0 unspecified atom stereocenters. The molecule has 0 bridgehead atoms. The Bertz CT molecular complexity index is 526. The molecule has 1 saturated heterocycles. The van der Waals surface area contributed by atoms with Crippen molar-refractivity contribution in [3.63, 3.8) is 0 Å². The number of anilines is 1. The second-order valence-corrected chi connectivity index (χ2v) is 6.21. The zero-order valence-corrected chi connectivity index (χ0v) is 13.4. The van der Waals surface area contributed by atoms with E-state index in [0.29, 0.717) is 28.5 Å².